The maximum Gasteiger partial charge on any atom is 0.256 e. The van der Waals surface area contributed by atoms with E-state index in [2.05, 4.69) is 15.5 Å². The number of nitrogens with one attached hydrogen (secondary N) is 2. The summed E-state index contributed by atoms with van der Waals surface area (Å²) in [5.41, 5.74) is -0.367. The molecule has 3 amide bonds. The third-order valence-electron chi connectivity index (χ3n) is 8.40. The quantitative estimate of drug-likeness (QED) is 0.411. The Hall–Kier alpha value is -4.00. The number of methoxy groups -OCH3 is 1. The monoisotopic (exact) mass is 565 g/mol. The summed E-state index contributed by atoms with van der Waals surface area (Å²) in [5, 5.41) is 16.0. The standard InChI is InChI=1S/C29H32FN5O6/c1-33(2)18-6-8-34(9-7-18)26(37)21-10-17-11-24(41-23(17)13-22(21)30)29(27(38)31-28(39)32-29)15-35-14-16-4-5-19(40-3)12-20(16)25(35)36/h4-5,10-13,18,28,32,39H,6-9,14-15H2,1-3H3,(H,31,38). The summed E-state index contributed by atoms with van der Waals surface area (Å²) in [7, 11) is 5.53. The third kappa shape index (κ3) is 4.61. The predicted octanol–water partition coefficient (Wildman–Crippen LogP) is 1.59. The lowest BCUT2D eigenvalue weighted by Crippen LogP contribution is -2.53. The lowest BCUT2D eigenvalue weighted by molar-refractivity contribution is -0.125. The van der Waals surface area contributed by atoms with Gasteiger partial charge in [0.15, 0.2) is 11.9 Å². The molecular formula is C29H32FN5O6. The number of hydrogen-bond acceptors (Lipinski definition) is 8. The van der Waals surface area contributed by atoms with Crippen LogP contribution in [-0.4, -0.2) is 90.8 Å². The van der Waals surface area contributed by atoms with E-state index < -0.39 is 29.5 Å². The van der Waals surface area contributed by atoms with E-state index in [0.717, 1.165) is 24.5 Å². The summed E-state index contributed by atoms with van der Waals surface area (Å²) in [5.74, 6) is -1.42. The van der Waals surface area contributed by atoms with Crippen LogP contribution in [-0.2, 0) is 16.9 Å². The molecule has 3 aliphatic heterocycles. The van der Waals surface area contributed by atoms with Gasteiger partial charge in [-0.1, -0.05) is 6.07 Å². The highest BCUT2D eigenvalue weighted by molar-refractivity contribution is 6.00. The molecule has 2 fully saturated rings. The Morgan fingerprint density at radius 2 is 1.95 bits per heavy atom. The number of benzene rings is 2. The second-order valence-corrected chi connectivity index (χ2v) is 11.1. The van der Waals surface area contributed by atoms with E-state index >= 15 is 4.39 Å². The molecule has 0 bridgehead atoms. The molecule has 11 nitrogen and oxygen atoms in total. The molecule has 3 N–H and O–H groups in total. The highest BCUT2D eigenvalue weighted by Crippen LogP contribution is 2.36. The molecule has 2 atom stereocenters. The van der Waals surface area contributed by atoms with Crippen LogP contribution in [0.3, 0.4) is 0 Å². The lowest BCUT2D eigenvalue weighted by atomic mass is 9.95. The second kappa shape index (κ2) is 10.1. The Bertz CT molecular complexity index is 1550. The zero-order valence-electron chi connectivity index (χ0n) is 23.1. The summed E-state index contributed by atoms with van der Waals surface area (Å²) < 4.78 is 26.4. The van der Waals surface area contributed by atoms with Gasteiger partial charge in [-0.3, -0.25) is 19.7 Å². The maximum absolute atomic E-state index is 15.2. The molecule has 1 aromatic heterocycles. The Balaban J connectivity index is 1.31. The van der Waals surface area contributed by atoms with Crippen LogP contribution in [0.5, 0.6) is 5.75 Å². The van der Waals surface area contributed by atoms with E-state index in [1.807, 2.05) is 14.1 Å². The molecule has 0 aliphatic carbocycles. The highest BCUT2D eigenvalue weighted by Gasteiger charge is 2.52. The number of furan rings is 1. The topological polar surface area (TPSA) is 128 Å². The first-order chi connectivity index (χ1) is 19.6. The van der Waals surface area contributed by atoms with Gasteiger partial charge in [-0.05, 0) is 56.8 Å². The first-order valence-electron chi connectivity index (χ1n) is 13.5. The normalized spacial score (nSPS) is 23.0. The maximum atomic E-state index is 15.2. The van der Waals surface area contributed by atoms with Crippen molar-refractivity contribution in [3.8, 4) is 5.75 Å². The zero-order valence-corrected chi connectivity index (χ0v) is 23.1. The smallest absolute Gasteiger partial charge is 0.256 e. The average Bonchev–Trinajstić information content (AvgIpc) is 3.60. The summed E-state index contributed by atoms with van der Waals surface area (Å²) >= 11 is 0. The Morgan fingerprint density at radius 3 is 2.61 bits per heavy atom. The van der Waals surface area contributed by atoms with E-state index in [9.17, 15) is 19.5 Å². The van der Waals surface area contributed by atoms with Crippen molar-refractivity contribution < 1.29 is 33.0 Å². The Kier molecular flexibility index (Phi) is 6.71. The first-order valence-corrected chi connectivity index (χ1v) is 13.5. The zero-order chi connectivity index (χ0) is 29.1. The summed E-state index contributed by atoms with van der Waals surface area (Å²) in [4.78, 5) is 45.1. The molecule has 2 aromatic carbocycles. The minimum atomic E-state index is -1.66. The van der Waals surface area contributed by atoms with Gasteiger partial charge in [0.05, 0.1) is 19.2 Å². The van der Waals surface area contributed by atoms with Crippen LogP contribution < -0.4 is 15.4 Å². The van der Waals surface area contributed by atoms with Crippen molar-refractivity contribution in [3.05, 3.63) is 64.7 Å². The molecule has 0 spiro atoms. The van der Waals surface area contributed by atoms with Crippen LogP contribution in [0.1, 0.15) is 44.9 Å². The predicted molar refractivity (Wildman–Crippen MR) is 145 cm³/mol. The van der Waals surface area contributed by atoms with Crippen LogP contribution in [0.25, 0.3) is 11.0 Å². The number of hydrogen-bond donors (Lipinski definition) is 3. The number of piperidine rings is 1. The SMILES string of the molecule is COc1ccc2c(c1)C(=O)N(CC1(c3cc4cc(C(=O)N5CCC(N(C)C)CC5)c(F)cc4o3)NC(O)NC1=O)C2. The number of nitrogens with zero attached hydrogens (tertiary/aromatic N) is 3. The van der Waals surface area contributed by atoms with Gasteiger partial charge in [0.2, 0.25) is 0 Å². The molecule has 4 heterocycles. The number of rotatable bonds is 6. The molecule has 3 aliphatic rings. The van der Waals surface area contributed by atoms with Gasteiger partial charge in [-0.25, -0.2) is 4.39 Å². The fourth-order valence-corrected chi connectivity index (χ4v) is 6.03. The van der Waals surface area contributed by atoms with Gasteiger partial charge in [0, 0.05) is 42.7 Å². The lowest BCUT2D eigenvalue weighted by Gasteiger charge is -2.35. The van der Waals surface area contributed by atoms with Gasteiger partial charge >= 0.3 is 0 Å². The number of carbonyl (C=O) groups excluding carboxylic acids is 3. The van der Waals surface area contributed by atoms with Crippen LogP contribution in [0, 0.1) is 5.82 Å². The Morgan fingerprint density at radius 1 is 1.20 bits per heavy atom. The van der Waals surface area contributed by atoms with Crippen molar-refractivity contribution in [1.82, 2.24) is 25.3 Å². The number of aliphatic hydroxyl groups is 1. The highest BCUT2D eigenvalue weighted by atomic mass is 19.1. The molecule has 6 rings (SSSR count). The third-order valence-corrected chi connectivity index (χ3v) is 8.40. The summed E-state index contributed by atoms with van der Waals surface area (Å²) in [6, 6.07) is 9.68. The fourth-order valence-electron chi connectivity index (χ4n) is 6.03. The minimum absolute atomic E-state index is 0.0785. The number of fused-ring (bicyclic) bond motifs is 2. The van der Waals surface area contributed by atoms with Crippen molar-refractivity contribution >= 4 is 28.7 Å². The largest absolute Gasteiger partial charge is 0.497 e. The number of aliphatic hydroxyl groups excluding tert-OH is 1. The first kappa shape index (κ1) is 27.2. The molecule has 2 saturated heterocycles. The summed E-state index contributed by atoms with van der Waals surface area (Å²) in [6.45, 7) is 1.13. The number of amides is 3. The van der Waals surface area contributed by atoms with Gasteiger partial charge in [-0.15, -0.1) is 0 Å². The van der Waals surface area contributed by atoms with Crippen LogP contribution >= 0.6 is 0 Å². The molecule has 216 valence electrons. The van der Waals surface area contributed by atoms with Crippen molar-refractivity contribution in [1.29, 1.82) is 0 Å². The molecule has 12 heteroatoms. The second-order valence-electron chi connectivity index (χ2n) is 11.1. The fraction of sp³-hybridized carbons (Fsp3) is 0.414. The van der Waals surface area contributed by atoms with Crippen LogP contribution in [0.4, 0.5) is 4.39 Å². The van der Waals surface area contributed by atoms with Gasteiger partial charge in [0.1, 0.15) is 22.9 Å². The van der Waals surface area contributed by atoms with E-state index in [-0.39, 0.29) is 35.9 Å². The van der Waals surface area contributed by atoms with E-state index in [1.165, 1.54) is 18.1 Å². The van der Waals surface area contributed by atoms with Gasteiger partial charge < -0.3 is 34.3 Å². The van der Waals surface area contributed by atoms with E-state index in [0.29, 0.717) is 35.8 Å². The van der Waals surface area contributed by atoms with Crippen molar-refractivity contribution in [2.75, 3.05) is 40.8 Å². The average molecular weight is 566 g/mol. The number of carbonyl (C=O) groups is 3. The van der Waals surface area contributed by atoms with Crippen molar-refractivity contribution in [3.63, 3.8) is 0 Å². The van der Waals surface area contributed by atoms with Crippen molar-refractivity contribution in [2.24, 2.45) is 0 Å². The Labute approximate surface area is 235 Å². The minimum Gasteiger partial charge on any atom is -0.497 e. The molecule has 3 aromatic rings. The number of ether oxygens (including phenoxy) is 1. The molecular weight excluding hydrogens is 533 g/mol. The number of likely N-dealkylation sites (tertiary alicyclic amines) is 1. The molecule has 2 unspecified atom stereocenters. The van der Waals surface area contributed by atoms with E-state index in [4.69, 9.17) is 9.15 Å². The van der Waals surface area contributed by atoms with Crippen molar-refractivity contribution in [2.45, 2.75) is 37.3 Å². The van der Waals surface area contributed by atoms with E-state index in [1.54, 1.807) is 29.2 Å². The summed E-state index contributed by atoms with van der Waals surface area (Å²) in [6.07, 6.45) is 0.209. The molecule has 0 radical (unpaired) electrons. The van der Waals surface area contributed by atoms with Gasteiger partial charge in [-0.2, -0.15) is 0 Å². The van der Waals surface area contributed by atoms with Gasteiger partial charge in [0.25, 0.3) is 17.7 Å². The van der Waals surface area contributed by atoms with Crippen LogP contribution in [0.15, 0.2) is 40.8 Å². The number of halogens is 1. The molecule has 41 heavy (non-hydrogen) atoms. The molecule has 0 saturated carbocycles. The van der Waals surface area contributed by atoms with Crippen LogP contribution in [0.2, 0.25) is 0 Å².